The largest absolute Gasteiger partial charge is 0.496 e. The van der Waals surface area contributed by atoms with Crippen molar-refractivity contribution in [1.29, 1.82) is 0 Å². The Morgan fingerprint density at radius 1 is 1.24 bits per heavy atom. The van der Waals surface area contributed by atoms with E-state index in [2.05, 4.69) is 35.3 Å². The van der Waals surface area contributed by atoms with Crippen LogP contribution < -0.4 is 10.1 Å². The normalized spacial score (nSPS) is 15.3. The fourth-order valence-electron chi connectivity index (χ4n) is 3.38. The molecule has 0 fully saturated rings. The summed E-state index contributed by atoms with van der Waals surface area (Å²) in [5.74, 6) is 0.860. The summed E-state index contributed by atoms with van der Waals surface area (Å²) in [6.45, 7) is 6.34. The topological polar surface area (TPSA) is 41.6 Å². The molecule has 1 atom stereocenters. The summed E-state index contributed by atoms with van der Waals surface area (Å²) in [4.78, 5) is 14.8. The van der Waals surface area contributed by atoms with Crippen molar-refractivity contribution in [3.8, 4) is 5.75 Å². The maximum atomic E-state index is 12.6. The predicted octanol–water partition coefficient (Wildman–Crippen LogP) is 3.07. The van der Waals surface area contributed by atoms with Crippen LogP contribution in [0.15, 0.2) is 42.5 Å². The first-order chi connectivity index (χ1) is 12.1. The number of carbonyl (C=O) groups is 1. The van der Waals surface area contributed by atoms with Gasteiger partial charge in [-0.3, -0.25) is 9.69 Å². The van der Waals surface area contributed by atoms with Gasteiger partial charge in [0.25, 0.3) is 0 Å². The van der Waals surface area contributed by atoms with Crippen molar-refractivity contribution in [2.75, 3.05) is 13.7 Å². The Bertz CT molecular complexity index is 757. The van der Waals surface area contributed by atoms with Gasteiger partial charge in [0.2, 0.25) is 5.91 Å². The quantitative estimate of drug-likeness (QED) is 0.911. The fourth-order valence-corrected chi connectivity index (χ4v) is 3.38. The van der Waals surface area contributed by atoms with Crippen LogP contribution in [0.25, 0.3) is 0 Å². The number of fused-ring (bicyclic) bond motifs is 1. The lowest BCUT2D eigenvalue weighted by Crippen LogP contribution is -2.46. The summed E-state index contributed by atoms with van der Waals surface area (Å²) in [5.41, 5.74) is 5.04. The number of rotatable bonds is 5. The van der Waals surface area contributed by atoms with Gasteiger partial charge in [0.15, 0.2) is 0 Å². The number of nitrogens with zero attached hydrogens (tertiary/aromatic N) is 1. The molecule has 1 N–H and O–H groups in total. The Kier molecular flexibility index (Phi) is 5.39. The third kappa shape index (κ3) is 4.02. The molecular formula is C21H26N2O2. The van der Waals surface area contributed by atoms with Crippen molar-refractivity contribution in [3.63, 3.8) is 0 Å². The molecule has 132 valence electrons. The average Bonchev–Trinajstić information content (AvgIpc) is 2.65. The molecule has 1 aliphatic rings. The highest BCUT2D eigenvalue weighted by Crippen LogP contribution is 2.22. The maximum Gasteiger partial charge on any atom is 0.237 e. The van der Waals surface area contributed by atoms with Crippen LogP contribution in [-0.2, 0) is 24.3 Å². The number of ether oxygens (including phenoxy) is 1. The molecule has 0 unspecified atom stereocenters. The van der Waals surface area contributed by atoms with Gasteiger partial charge < -0.3 is 10.1 Å². The number of aryl methyl sites for hydroxylation is 1. The van der Waals surface area contributed by atoms with Gasteiger partial charge in [-0.2, -0.15) is 0 Å². The summed E-state index contributed by atoms with van der Waals surface area (Å²) in [6.07, 6.45) is 1.00. The smallest absolute Gasteiger partial charge is 0.237 e. The second kappa shape index (κ2) is 7.70. The van der Waals surface area contributed by atoms with Gasteiger partial charge in [-0.1, -0.05) is 42.0 Å². The molecule has 0 saturated heterocycles. The molecule has 0 bridgehead atoms. The number of methoxy groups -OCH3 is 1. The molecule has 1 heterocycles. The van der Waals surface area contributed by atoms with Crippen molar-refractivity contribution in [2.45, 2.75) is 39.4 Å². The number of amides is 1. The summed E-state index contributed by atoms with van der Waals surface area (Å²) in [7, 11) is 1.65. The number of nitrogens with one attached hydrogen (secondary N) is 1. The highest BCUT2D eigenvalue weighted by molar-refractivity contribution is 5.81. The Labute approximate surface area is 149 Å². The molecular weight excluding hydrogens is 312 g/mol. The summed E-state index contributed by atoms with van der Waals surface area (Å²) in [6, 6.07) is 14.2. The van der Waals surface area contributed by atoms with E-state index in [4.69, 9.17) is 4.74 Å². The van der Waals surface area contributed by atoms with Gasteiger partial charge in [-0.05, 0) is 37.5 Å². The number of hydrogen-bond donors (Lipinski definition) is 1. The zero-order chi connectivity index (χ0) is 17.8. The zero-order valence-corrected chi connectivity index (χ0v) is 15.2. The van der Waals surface area contributed by atoms with E-state index in [0.717, 1.165) is 30.8 Å². The van der Waals surface area contributed by atoms with E-state index in [-0.39, 0.29) is 11.9 Å². The average molecular weight is 338 g/mol. The van der Waals surface area contributed by atoms with Crippen LogP contribution in [0.4, 0.5) is 0 Å². The second-order valence-corrected chi connectivity index (χ2v) is 6.70. The molecule has 0 radical (unpaired) electrons. The first kappa shape index (κ1) is 17.5. The number of hydrogen-bond acceptors (Lipinski definition) is 3. The van der Waals surface area contributed by atoms with Crippen LogP contribution in [0.1, 0.15) is 29.2 Å². The second-order valence-electron chi connectivity index (χ2n) is 6.70. The van der Waals surface area contributed by atoms with Gasteiger partial charge in [-0.25, -0.2) is 0 Å². The summed E-state index contributed by atoms with van der Waals surface area (Å²) >= 11 is 0. The van der Waals surface area contributed by atoms with Crippen molar-refractivity contribution < 1.29 is 9.53 Å². The lowest BCUT2D eigenvalue weighted by atomic mass is 9.96. The van der Waals surface area contributed by atoms with Crippen LogP contribution in [0.2, 0.25) is 0 Å². The molecule has 3 rings (SSSR count). The van der Waals surface area contributed by atoms with Crippen LogP contribution in [0, 0.1) is 6.92 Å². The lowest BCUT2D eigenvalue weighted by molar-refractivity contribution is -0.126. The fraction of sp³-hybridized carbons (Fsp3) is 0.381. The van der Waals surface area contributed by atoms with Gasteiger partial charge in [0.05, 0.1) is 13.2 Å². The van der Waals surface area contributed by atoms with E-state index in [1.54, 1.807) is 7.11 Å². The van der Waals surface area contributed by atoms with Gasteiger partial charge in [0.1, 0.15) is 5.75 Å². The molecule has 4 heteroatoms. The maximum absolute atomic E-state index is 12.6. The van der Waals surface area contributed by atoms with Crippen LogP contribution in [0.3, 0.4) is 0 Å². The Morgan fingerprint density at radius 3 is 2.84 bits per heavy atom. The van der Waals surface area contributed by atoms with E-state index in [9.17, 15) is 4.79 Å². The molecule has 0 aliphatic carbocycles. The lowest BCUT2D eigenvalue weighted by Gasteiger charge is -2.33. The van der Waals surface area contributed by atoms with Crippen LogP contribution in [0.5, 0.6) is 5.75 Å². The van der Waals surface area contributed by atoms with Gasteiger partial charge in [-0.15, -0.1) is 0 Å². The molecule has 0 saturated carbocycles. The van der Waals surface area contributed by atoms with E-state index >= 15 is 0 Å². The minimum absolute atomic E-state index is 0.0569. The predicted molar refractivity (Wildman–Crippen MR) is 99.6 cm³/mol. The van der Waals surface area contributed by atoms with E-state index in [1.165, 1.54) is 16.7 Å². The molecule has 0 aromatic heterocycles. The van der Waals surface area contributed by atoms with Crippen molar-refractivity contribution in [3.05, 3.63) is 64.7 Å². The standard InChI is InChI=1S/C21H26N2O2/c1-15-8-9-19-14-23(11-10-17(19)12-15)16(2)21(24)22-13-18-6-4-5-7-20(18)25-3/h4-9,12,16H,10-11,13-14H2,1-3H3,(H,22,24)/t16-/m0/s1. The number of para-hydroxylation sites is 1. The minimum Gasteiger partial charge on any atom is -0.496 e. The first-order valence-electron chi connectivity index (χ1n) is 8.80. The van der Waals surface area contributed by atoms with E-state index in [1.807, 2.05) is 31.2 Å². The third-order valence-corrected chi connectivity index (χ3v) is 4.98. The third-order valence-electron chi connectivity index (χ3n) is 4.98. The summed E-state index contributed by atoms with van der Waals surface area (Å²) < 4.78 is 5.34. The van der Waals surface area contributed by atoms with Gasteiger partial charge in [0, 0.05) is 25.2 Å². The molecule has 1 aliphatic heterocycles. The van der Waals surface area contributed by atoms with E-state index < -0.39 is 0 Å². The van der Waals surface area contributed by atoms with Crippen molar-refractivity contribution in [1.82, 2.24) is 10.2 Å². The molecule has 2 aromatic rings. The minimum atomic E-state index is -0.149. The van der Waals surface area contributed by atoms with Crippen molar-refractivity contribution >= 4 is 5.91 Å². The molecule has 1 amide bonds. The highest BCUT2D eigenvalue weighted by Gasteiger charge is 2.25. The Morgan fingerprint density at radius 2 is 2.04 bits per heavy atom. The van der Waals surface area contributed by atoms with Crippen LogP contribution >= 0.6 is 0 Å². The molecule has 2 aromatic carbocycles. The zero-order valence-electron chi connectivity index (χ0n) is 15.2. The Balaban J connectivity index is 1.60. The monoisotopic (exact) mass is 338 g/mol. The van der Waals surface area contributed by atoms with Crippen molar-refractivity contribution in [2.24, 2.45) is 0 Å². The van der Waals surface area contributed by atoms with E-state index in [0.29, 0.717) is 6.54 Å². The first-order valence-corrected chi connectivity index (χ1v) is 8.80. The van der Waals surface area contributed by atoms with Crippen LogP contribution in [-0.4, -0.2) is 30.5 Å². The Hall–Kier alpha value is -2.33. The summed E-state index contributed by atoms with van der Waals surface area (Å²) in [5, 5.41) is 3.04. The number of benzene rings is 2. The SMILES string of the molecule is COc1ccccc1CNC(=O)[C@H](C)N1CCc2cc(C)ccc2C1. The van der Waals surface area contributed by atoms with Gasteiger partial charge >= 0.3 is 0 Å². The molecule has 0 spiro atoms. The highest BCUT2D eigenvalue weighted by atomic mass is 16.5. The number of carbonyl (C=O) groups excluding carboxylic acids is 1. The molecule has 25 heavy (non-hydrogen) atoms. The molecule has 4 nitrogen and oxygen atoms in total.